The van der Waals surface area contributed by atoms with Crippen molar-refractivity contribution in [2.24, 2.45) is 0 Å². The Balaban J connectivity index is 2.23. The lowest BCUT2D eigenvalue weighted by atomic mass is 10.2. The standard InChI is InChI=1S/C14H11ClO3S/c15-13-7-2-1-4-11(13)9-19(18)12-6-3-5-10(8-12)14(16)17/h1-8H,9H2,(H,16,17). The summed E-state index contributed by atoms with van der Waals surface area (Å²) in [5.74, 6) is -0.764. The molecule has 3 nitrogen and oxygen atoms in total. The normalized spacial score (nSPS) is 12.1. The quantitative estimate of drug-likeness (QED) is 0.941. The van der Waals surface area contributed by atoms with Gasteiger partial charge in [0.05, 0.1) is 22.1 Å². The van der Waals surface area contributed by atoms with E-state index in [0.29, 0.717) is 9.92 Å². The maximum atomic E-state index is 12.2. The van der Waals surface area contributed by atoms with Crippen LogP contribution >= 0.6 is 11.6 Å². The van der Waals surface area contributed by atoms with Crippen LogP contribution in [0.25, 0.3) is 0 Å². The zero-order chi connectivity index (χ0) is 13.8. The number of hydrogen-bond donors (Lipinski definition) is 1. The molecule has 0 fully saturated rings. The molecule has 0 aliphatic heterocycles. The third-order valence-electron chi connectivity index (χ3n) is 2.59. The van der Waals surface area contributed by atoms with Crippen molar-refractivity contribution >= 4 is 28.4 Å². The molecule has 1 N–H and O–H groups in total. The van der Waals surface area contributed by atoms with E-state index in [2.05, 4.69) is 0 Å². The van der Waals surface area contributed by atoms with Crippen molar-refractivity contribution in [1.82, 2.24) is 0 Å². The lowest BCUT2D eigenvalue weighted by Crippen LogP contribution is -2.01. The van der Waals surface area contributed by atoms with E-state index in [9.17, 15) is 9.00 Å². The summed E-state index contributed by atoms with van der Waals surface area (Å²) in [4.78, 5) is 11.4. The summed E-state index contributed by atoms with van der Waals surface area (Å²) in [6.07, 6.45) is 0. The maximum absolute atomic E-state index is 12.2. The van der Waals surface area contributed by atoms with Crippen LogP contribution in [0.4, 0.5) is 0 Å². The van der Waals surface area contributed by atoms with E-state index in [4.69, 9.17) is 16.7 Å². The highest BCUT2D eigenvalue weighted by Gasteiger charge is 2.10. The zero-order valence-electron chi connectivity index (χ0n) is 9.88. The van der Waals surface area contributed by atoms with Crippen LogP contribution in [0.1, 0.15) is 15.9 Å². The Morgan fingerprint density at radius 2 is 1.89 bits per heavy atom. The molecule has 0 amide bonds. The minimum atomic E-state index is -1.32. The third-order valence-corrected chi connectivity index (χ3v) is 4.31. The van der Waals surface area contributed by atoms with E-state index in [1.165, 1.54) is 12.1 Å². The van der Waals surface area contributed by atoms with Crippen LogP contribution in [-0.4, -0.2) is 15.3 Å². The first-order valence-electron chi connectivity index (χ1n) is 5.53. The van der Waals surface area contributed by atoms with Gasteiger partial charge in [-0.2, -0.15) is 0 Å². The van der Waals surface area contributed by atoms with E-state index >= 15 is 0 Å². The summed E-state index contributed by atoms with van der Waals surface area (Å²) >= 11 is 6.01. The molecule has 0 radical (unpaired) electrons. The fourth-order valence-corrected chi connectivity index (χ4v) is 3.08. The number of hydrogen-bond acceptors (Lipinski definition) is 2. The lowest BCUT2D eigenvalue weighted by molar-refractivity contribution is 0.0696. The van der Waals surface area contributed by atoms with E-state index < -0.39 is 16.8 Å². The molecule has 2 aromatic carbocycles. The van der Waals surface area contributed by atoms with Crippen molar-refractivity contribution in [3.8, 4) is 0 Å². The Morgan fingerprint density at radius 3 is 2.58 bits per heavy atom. The largest absolute Gasteiger partial charge is 0.478 e. The molecule has 98 valence electrons. The van der Waals surface area contributed by atoms with Gasteiger partial charge in [-0.3, -0.25) is 4.21 Å². The second kappa shape index (κ2) is 5.99. The molecule has 0 heterocycles. The average Bonchev–Trinajstić information content (AvgIpc) is 2.41. The minimum Gasteiger partial charge on any atom is -0.478 e. The molecule has 1 atom stereocenters. The van der Waals surface area contributed by atoms with Gasteiger partial charge in [-0.25, -0.2) is 4.79 Å². The van der Waals surface area contributed by atoms with Gasteiger partial charge in [-0.1, -0.05) is 35.9 Å². The van der Waals surface area contributed by atoms with Crippen LogP contribution in [0.3, 0.4) is 0 Å². The highest BCUT2D eigenvalue weighted by atomic mass is 35.5. The summed E-state index contributed by atoms with van der Waals surface area (Å²) in [6.45, 7) is 0. The molecule has 0 saturated carbocycles. The number of aromatic carboxylic acids is 1. The van der Waals surface area contributed by atoms with Gasteiger partial charge >= 0.3 is 5.97 Å². The molecule has 0 spiro atoms. The number of halogens is 1. The van der Waals surface area contributed by atoms with E-state index in [1.807, 2.05) is 6.07 Å². The number of carbonyl (C=O) groups is 1. The topological polar surface area (TPSA) is 54.4 Å². The van der Waals surface area contributed by atoms with E-state index in [1.54, 1.807) is 30.3 Å². The van der Waals surface area contributed by atoms with Crippen molar-refractivity contribution in [3.63, 3.8) is 0 Å². The molecule has 5 heteroatoms. The molecule has 1 unspecified atom stereocenters. The number of carboxylic acid groups (broad SMARTS) is 1. The lowest BCUT2D eigenvalue weighted by Gasteiger charge is -2.05. The first-order chi connectivity index (χ1) is 9.08. The molecular weight excluding hydrogens is 284 g/mol. The fraction of sp³-hybridized carbons (Fsp3) is 0.0714. The summed E-state index contributed by atoms with van der Waals surface area (Å²) in [6, 6.07) is 13.3. The molecule has 2 rings (SSSR count). The van der Waals surface area contributed by atoms with Crippen molar-refractivity contribution in [2.75, 3.05) is 0 Å². The summed E-state index contributed by atoms with van der Waals surface area (Å²) in [5, 5.41) is 9.47. The summed E-state index contributed by atoms with van der Waals surface area (Å²) < 4.78 is 12.2. The molecule has 0 saturated heterocycles. The predicted molar refractivity (Wildman–Crippen MR) is 75.0 cm³/mol. The van der Waals surface area contributed by atoms with Gasteiger partial charge in [0.15, 0.2) is 0 Å². The highest BCUT2D eigenvalue weighted by Crippen LogP contribution is 2.20. The van der Waals surface area contributed by atoms with E-state index in [0.717, 1.165) is 5.56 Å². The van der Waals surface area contributed by atoms with Crippen molar-refractivity contribution < 1.29 is 14.1 Å². The second-order valence-electron chi connectivity index (χ2n) is 3.91. The van der Waals surface area contributed by atoms with Gasteiger partial charge in [0, 0.05) is 9.92 Å². The molecule has 0 aromatic heterocycles. The smallest absolute Gasteiger partial charge is 0.335 e. The predicted octanol–water partition coefficient (Wildman–Crippen LogP) is 3.35. The number of benzene rings is 2. The molecule has 0 bridgehead atoms. The van der Waals surface area contributed by atoms with Crippen molar-refractivity contribution in [3.05, 3.63) is 64.7 Å². The van der Waals surface area contributed by atoms with Crippen LogP contribution < -0.4 is 0 Å². The average molecular weight is 295 g/mol. The zero-order valence-corrected chi connectivity index (χ0v) is 11.4. The summed E-state index contributed by atoms with van der Waals surface area (Å²) in [5.41, 5.74) is 0.910. The molecule has 2 aromatic rings. The number of carboxylic acids is 1. The molecule has 0 aliphatic rings. The Labute approximate surface area is 118 Å². The van der Waals surface area contributed by atoms with Crippen molar-refractivity contribution in [2.45, 2.75) is 10.6 Å². The monoisotopic (exact) mass is 294 g/mol. The molecular formula is C14H11ClO3S. The first-order valence-corrected chi connectivity index (χ1v) is 7.23. The summed E-state index contributed by atoms with van der Waals surface area (Å²) in [7, 11) is -1.32. The number of rotatable bonds is 4. The van der Waals surface area contributed by atoms with E-state index in [-0.39, 0.29) is 11.3 Å². The Morgan fingerprint density at radius 1 is 1.16 bits per heavy atom. The van der Waals surface area contributed by atoms with Crippen LogP contribution in [-0.2, 0) is 16.6 Å². The highest BCUT2D eigenvalue weighted by molar-refractivity contribution is 7.84. The van der Waals surface area contributed by atoms with Crippen LogP contribution in [0.15, 0.2) is 53.4 Å². The molecule has 19 heavy (non-hydrogen) atoms. The molecule has 0 aliphatic carbocycles. The van der Waals surface area contributed by atoms with Gasteiger partial charge in [0.1, 0.15) is 0 Å². The van der Waals surface area contributed by atoms with Crippen LogP contribution in [0, 0.1) is 0 Å². The van der Waals surface area contributed by atoms with Gasteiger partial charge in [-0.15, -0.1) is 0 Å². The first kappa shape index (κ1) is 13.8. The van der Waals surface area contributed by atoms with Gasteiger partial charge < -0.3 is 5.11 Å². The minimum absolute atomic E-state index is 0.130. The van der Waals surface area contributed by atoms with Gasteiger partial charge in [0.2, 0.25) is 0 Å². The third kappa shape index (κ3) is 3.43. The maximum Gasteiger partial charge on any atom is 0.335 e. The fourth-order valence-electron chi connectivity index (χ4n) is 1.61. The van der Waals surface area contributed by atoms with Crippen LogP contribution in [0.5, 0.6) is 0 Å². The SMILES string of the molecule is O=C(O)c1cccc(S(=O)Cc2ccccc2Cl)c1. The Hall–Kier alpha value is -1.65. The van der Waals surface area contributed by atoms with Gasteiger partial charge in [-0.05, 0) is 29.8 Å². The van der Waals surface area contributed by atoms with Crippen LogP contribution in [0.2, 0.25) is 5.02 Å². The van der Waals surface area contributed by atoms with Gasteiger partial charge in [0.25, 0.3) is 0 Å². The van der Waals surface area contributed by atoms with Crippen molar-refractivity contribution in [1.29, 1.82) is 0 Å². The second-order valence-corrected chi connectivity index (χ2v) is 5.77. The Bertz CT molecular complexity index is 640. The Kier molecular flexibility index (Phi) is 4.35.